The van der Waals surface area contributed by atoms with Crippen LogP contribution in [0.15, 0.2) is 18.2 Å². The van der Waals surface area contributed by atoms with E-state index in [4.69, 9.17) is 5.11 Å². The van der Waals surface area contributed by atoms with Gasteiger partial charge >= 0.3 is 5.97 Å². The third-order valence-electron chi connectivity index (χ3n) is 3.49. The van der Waals surface area contributed by atoms with Gasteiger partial charge in [0.15, 0.2) is 0 Å². The third-order valence-corrected chi connectivity index (χ3v) is 3.49. The molecule has 1 atom stereocenters. The lowest BCUT2D eigenvalue weighted by atomic mass is 9.89. The number of unbranched alkanes of at least 4 members (excludes halogenated alkanes) is 1. The molecule has 1 aliphatic rings. The van der Waals surface area contributed by atoms with Crippen molar-refractivity contribution in [2.75, 3.05) is 11.9 Å². The van der Waals surface area contributed by atoms with Gasteiger partial charge in [-0.25, -0.2) is 4.39 Å². The number of anilines is 1. The number of halogens is 1. The summed E-state index contributed by atoms with van der Waals surface area (Å²) in [5, 5.41) is 13.8. The number of nitrogens with one attached hydrogen (secondary N) is 2. The molecule has 1 unspecified atom stereocenters. The Morgan fingerprint density at radius 3 is 2.86 bits per heavy atom. The first kappa shape index (κ1) is 15.9. The second-order valence-electron chi connectivity index (χ2n) is 5.18. The maximum Gasteiger partial charge on any atom is 0.303 e. The molecule has 1 aliphatic heterocycles. The second kappa shape index (κ2) is 7.02. The summed E-state index contributed by atoms with van der Waals surface area (Å²) in [5.74, 6) is -2.63. The number of carbonyl (C=O) groups is 3. The van der Waals surface area contributed by atoms with Crippen LogP contribution < -0.4 is 10.6 Å². The Morgan fingerprint density at radius 1 is 1.36 bits per heavy atom. The summed E-state index contributed by atoms with van der Waals surface area (Å²) in [6.07, 6.45) is 1.10. The Balaban J connectivity index is 1.95. The fourth-order valence-corrected chi connectivity index (χ4v) is 2.41. The number of benzene rings is 1. The predicted octanol–water partition coefficient (Wildman–Crippen LogP) is 1.62. The van der Waals surface area contributed by atoms with Crippen LogP contribution in [0.4, 0.5) is 10.1 Å². The minimum absolute atomic E-state index is 0.0135. The van der Waals surface area contributed by atoms with Crippen LogP contribution in [0.5, 0.6) is 0 Å². The van der Waals surface area contributed by atoms with E-state index < -0.39 is 17.7 Å². The van der Waals surface area contributed by atoms with Gasteiger partial charge in [0.25, 0.3) is 0 Å². The van der Waals surface area contributed by atoms with Gasteiger partial charge in [-0.05, 0) is 30.5 Å². The maximum atomic E-state index is 13.2. The summed E-state index contributed by atoms with van der Waals surface area (Å²) >= 11 is 0. The zero-order chi connectivity index (χ0) is 16.1. The largest absolute Gasteiger partial charge is 0.481 e. The molecule has 0 saturated carbocycles. The van der Waals surface area contributed by atoms with Crippen LogP contribution in [0.25, 0.3) is 0 Å². The lowest BCUT2D eigenvalue weighted by Crippen LogP contribution is -2.35. The average Bonchev–Trinajstić information content (AvgIpc) is 2.44. The van der Waals surface area contributed by atoms with Crippen molar-refractivity contribution >= 4 is 23.5 Å². The molecule has 0 fully saturated rings. The molecule has 3 N–H and O–H groups in total. The lowest BCUT2D eigenvalue weighted by molar-refractivity contribution is -0.137. The van der Waals surface area contributed by atoms with Crippen LogP contribution in [0.2, 0.25) is 0 Å². The molecule has 2 rings (SSSR count). The average molecular weight is 308 g/mol. The Morgan fingerprint density at radius 2 is 2.14 bits per heavy atom. The Labute approximate surface area is 126 Å². The number of hydrogen-bond acceptors (Lipinski definition) is 3. The number of fused-ring (bicyclic) bond motifs is 1. The summed E-state index contributed by atoms with van der Waals surface area (Å²) in [6, 6.07) is 3.95. The molecule has 0 spiro atoms. The van der Waals surface area contributed by atoms with E-state index in [9.17, 15) is 18.8 Å². The predicted molar refractivity (Wildman–Crippen MR) is 76.9 cm³/mol. The number of carboxylic acids is 1. The van der Waals surface area contributed by atoms with Crippen molar-refractivity contribution in [3.05, 3.63) is 29.6 Å². The Hall–Kier alpha value is -2.44. The third kappa shape index (κ3) is 4.03. The van der Waals surface area contributed by atoms with E-state index >= 15 is 0 Å². The first-order chi connectivity index (χ1) is 10.5. The van der Waals surface area contributed by atoms with Gasteiger partial charge in [-0.2, -0.15) is 0 Å². The summed E-state index contributed by atoms with van der Waals surface area (Å²) in [5.41, 5.74) is 0.909. The van der Waals surface area contributed by atoms with Gasteiger partial charge in [0.05, 0.1) is 5.92 Å². The zero-order valence-electron chi connectivity index (χ0n) is 11.9. The van der Waals surface area contributed by atoms with Crippen molar-refractivity contribution in [3.8, 4) is 0 Å². The van der Waals surface area contributed by atoms with Gasteiger partial charge < -0.3 is 15.7 Å². The molecule has 1 aromatic carbocycles. The number of rotatable bonds is 6. The van der Waals surface area contributed by atoms with Crippen molar-refractivity contribution in [2.24, 2.45) is 0 Å². The van der Waals surface area contributed by atoms with Crippen LogP contribution in [0.3, 0.4) is 0 Å². The molecule has 1 heterocycles. The fraction of sp³-hybridized carbons (Fsp3) is 0.400. The normalized spacial score (nSPS) is 16.6. The quantitative estimate of drug-likeness (QED) is 0.696. The van der Waals surface area contributed by atoms with Crippen LogP contribution in [-0.4, -0.2) is 29.4 Å². The summed E-state index contributed by atoms with van der Waals surface area (Å²) in [7, 11) is 0. The SMILES string of the molecule is O=C(O)CCCCNC(=O)C1CC(=O)Nc2cc(F)ccc21. The first-order valence-corrected chi connectivity index (χ1v) is 7.06. The van der Waals surface area contributed by atoms with Crippen LogP contribution in [0.1, 0.15) is 37.2 Å². The lowest BCUT2D eigenvalue weighted by Gasteiger charge is -2.24. The second-order valence-corrected chi connectivity index (χ2v) is 5.18. The van der Waals surface area contributed by atoms with E-state index in [1.165, 1.54) is 18.2 Å². The molecule has 7 heteroatoms. The molecule has 1 aromatic rings. The van der Waals surface area contributed by atoms with E-state index in [2.05, 4.69) is 10.6 Å². The minimum Gasteiger partial charge on any atom is -0.481 e. The molecule has 118 valence electrons. The maximum absolute atomic E-state index is 13.2. The van der Waals surface area contributed by atoms with Gasteiger partial charge in [0.1, 0.15) is 5.82 Å². The number of carboxylic acid groups (broad SMARTS) is 1. The van der Waals surface area contributed by atoms with Gasteiger partial charge in [0.2, 0.25) is 11.8 Å². The molecule has 2 amide bonds. The molecule has 0 saturated heterocycles. The monoisotopic (exact) mass is 308 g/mol. The summed E-state index contributed by atoms with van der Waals surface area (Å²) < 4.78 is 13.2. The Bertz CT molecular complexity index is 603. The smallest absolute Gasteiger partial charge is 0.303 e. The molecule has 0 radical (unpaired) electrons. The van der Waals surface area contributed by atoms with E-state index in [0.717, 1.165) is 0 Å². The van der Waals surface area contributed by atoms with Gasteiger partial charge in [-0.15, -0.1) is 0 Å². The molecule has 0 aromatic heterocycles. The zero-order valence-corrected chi connectivity index (χ0v) is 11.9. The highest BCUT2D eigenvalue weighted by atomic mass is 19.1. The summed E-state index contributed by atoms with van der Waals surface area (Å²) in [6.45, 7) is 0.348. The van der Waals surface area contributed by atoms with Gasteiger partial charge in [-0.3, -0.25) is 14.4 Å². The van der Waals surface area contributed by atoms with Crippen molar-refractivity contribution in [1.29, 1.82) is 0 Å². The number of aliphatic carboxylic acids is 1. The van der Waals surface area contributed by atoms with Crippen LogP contribution in [0, 0.1) is 5.82 Å². The first-order valence-electron chi connectivity index (χ1n) is 7.06. The molecule has 0 bridgehead atoms. The Kier molecular flexibility index (Phi) is 5.08. The highest BCUT2D eigenvalue weighted by molar-refractivity contribution is 6.01. The van der Waals surface area contributed by atoms with E-state index in [1.807, 2.05) is 0 Å². The molecule has 0 aliphatic carbocycles. The van der Waals surface area contributed by atoms with E-state index in [-0.39, 0.29) is 24.7 Å². The summed E-state index contributed by atoms with van der Waals surface area (Å²) in [4.78, 5) is 34.2. The fourth-order valence-electron chi connectivity index (χ4n) is 2.41. The topological polar surface area (TPSA) is 95.5 Å². The van der Waals surface area contributed by atoms with Gasteiger partial charge in [0, 0.05) is 25.1 Å². The number of carbonyl (C=O) groups excluding carboxylic acids is 2. The van der Waals surface area contributed by atoms with Gasteiger partial charge in [-0.1, -0.05) is 6.07 Å². The molecule has 22 heavy (non-hydrogen) atoms. The van der Waals surface area contributed by atoms with E-state index in [0.29, 0.717) is 30.6 Å². The van der Waals surface area contributed by atoms with Crippen molar-refractivity contribution in [1.82, 2.24) is 5.32 Å². The van der Waals surface area contributed by atoms with Crippen molar-refractivity contribution in [3.63, 3.8) is 0 Å². The van der Waals surface area contributed by atoms with Crippen LogP contribution in [-0.2, 0) is 14.4 Å². The molecule has 6 nitrogen and oxygen atoms in total. The van der Waals surface area contributed by atoms with E-state index in [1.54, 1.807) is 0 Å². The van der Waals surface area contributed by atoms with Crippen LogP contribution >= 0.6 is 0 Å². The standard InChI is InChI=1S/C15H17FN2O4/c16-9-4-5-10-11(8-13(19)18-12(10)7-9)15(22)17-6-2-1-3-14(20)21/h4-5,7,11H,1-3,6,8H2,(H,17,22)(H,18,19)(H,20,21). The van der Waals surface area contributed by atoms with Crippen molar-refractivity contribution < 1.29 is 23.9 Å². The minimum atomic E-state index is -0.869. The molecular weight excluding hydrogens is 291 g/mol. The number of hydrogen-bond donors (Lipinski definition) is 3. The van der Waals surface area contributed by atoms with Crippen molar-refractivity contribution in [2.45, 2.75) is 31.6 Å². The molecular formula is C15H17FN2O4. The highest BCUT2D eigenvalue weighted by Gasteiger charge is 2.30. The highest BCUT2D eigenvalue weighted by Crippen LogP contribution is 2.32. The number of amides is 2.